The molecule has 8 heavy (non-hydrogen) atoms. The molecule has 46 valence electrons. The van der Waals surface area contributed by atoms with E-state index in [1.165, 1.54) is 0 Å². The third kappa shape index (κ3) is 5.40. The average molecular weight is 113 g/mol. The molecule has 0 heterocycles. The zero-order valence-corrected chi connectivity index (χ0v) is 4.75. The number of hydrogen-bond donors (Lipinski definition) is 2. The van der Waals surface area contributed by atoms with Crippen molar-refractivity contribution >= 4 is 0 Å². The van der Waals surface area contributed by atoms with Crippen LogP contribution in [0.3, 0.4) is 0 Å². The molecule has 3 N–H and O–H groups in total. The SMILES string of the molecule is NC/C=C/C=C/CO. The van der Waals surface area contributed by atoms with E-state index in [-0.39, 0.29) is 6.61 Å². The number of aliphatic hydroxyl groups is 1. The zero-order valence-electron chi connectivity index (χ0n) is 4.75. The quantitative estimate of drug-likeness (QED) is 0.508. The van der Waals surface area contributed by atoms with Gasteiger partial charge in [0, 0.05) is 6.54 Å². The van der Waals surface area contributed by atoms with Crippen molar-refractivity contribution in [2.45, 2.75) is 0 Å². The van der Waals surface area contributed by atoms with E-state index in [2.05, 4.69) is 0 Å². The topological polar surface area (TPSA) is 46.2 Å². The van der Waals surface area contributed by atoms with Gasteiger partial charge in [0.2, 0.25) is 0 Å². The summed E-state index contributed by atoms with van der Waals surface area (Å²) in [7, 11) is 0. The molecule has 0 saturated heterocycles. The highest BCUT2D eigenvalue weighted by atomic mass is 16.2. The fraction of sp³-hybridized carbons (Fsp3) is 0.333. The molecule has 0 aliphatic heterocycles. The summed E-state index contributed by atoms with van der Waals surface area (Å²) in [6.45, 7) is 0.644. The molecule has 0 aromatic rings. The van der Waals surface area contributed by atoms with E-state index >= 15 is 0 Å². The first-order valence-corrected chi connectivity index (χ1v) is 2.54. The van der Waals surface area contributed by atoms with E-state index < -0.39 is 0 Å². The Labute approximate surface area is 49.3 Å². The molecule has 0 spiro atoms. The third-order valence-corrected chi connectivity index (χ3v) is 0.625. The van der Waals surface area contributed by atoms with E-state index in [1.807, 2.05) is 6.08 Å². The molecule has 0 aromatic carbocycles. The summed E-state index contributed by atoms with van der Waals surface area (Å²) in [6, 6.07) is 0. The Morgan fingerprint density at radius 2 is 1.88 bits per heavy atom. The Morgan fingerprint density at radius 1 is 1.25 bits per heavy atom. The van der Waals surface area contributed by atoms with Crippen molar-refractivity contribution in [3.8, 4) is 0 Å². The van der Waals surface area contributed by atoms with Crippen LogP contribution in [-0.4, -0.2) is 18.3 Å². The van der Waals surface area contributed by atoms with Crippen LogP contribution in [0.5, 0.6) is 0 Å². The Morgan fingerprint density at radius 3 is 2.38 bits per heavy atom. The second-order valence-electron chi connectivity index (χ2n) is 1.27. The number of hydrogen-bond acceptors (Lipinski definition) is 2. The van der Waals surface area contributed by atoms with Crippen LogP contribution >= 0.6 is 0 Å². The lowest BCUT2D eigenvalue weighted by Crippen LogP contribution is -1.91. The average Bonchev–Trinajstić information content (AvgIpc) is 1.81. The predicted molar refractivity (Wildman–Crippen MR) is 34.4 cm³/mol. The lowest BCUT2D eigenvalue weighted by molar-refractivity contribution is 0.343. The monoisotopic (exact) mass is 113 g/mol. The second kappa shape index (κ2) is 6.40. The van der Waals surface area contributed by atoms with Crippen LogP contribution in [0.25, 0.3) is 0 Å². The molecule has 2 heteroatoms. The Bertz CT molecular complexity index is 74.5. The van der Waals surface area contributed by atoms with Crippen molar-refractivity contribution in [1.29, 1.82) is 0 Å². The lowest BCUT2D eigenvalue weighted by Gasteiger charge is -1.74. The van der Waals surface area contributed by atoms with Crippen molar-refractivity contribution in [3.63, 3.8) is 0 Å². The molecule has 0 bridgehead atoms. The number of rotatable bonds is 3. The molecule has 0 saturated carbocycles. The smallest absolute Gasteiger partial charge is 0.0615 e. The molecule has 0 rings (SSSR count). The van der Waals surface area contributed by atoms with Gasteiger partial charge in [0.25, 0.3) is 0 Å². The minimum atomic E-state index is 0.0922. The summed E-state index contributed by atoms with van der Waals surface area (Å²) in [5.74, 6) is 0. The van der Waals surface area contributed by atoms with Gasteiger partial charge >= 0.3 is 0 Å². The highest BCUT2D eigenvalue weighted by Gasteiger charge is 1.62. The van der Waals surface area contributed by atoms with Crippen molar-refractivity contribution < 1.29 is 5.11 Å². The number of aliphatic hydroxyl groups excluding tert-OH is 1. The Balaban J connectivity index is 3.13. The van der Waals surface area contributed by atoms with E-state index in [0.29, 0.717) is 6.54 Å². The summed E-state index contributed by atoms with van der Waals surface area (Å²) in [5.41, 5.74) is 5.13. The maximum Gasteiger partial charge on any atom is 0.0615 e. The lowest BCUT2D eigenvalue weighted by atomic mass is 10.4. The maximum atomic E-state index is 8.21. The fourth-order valence-corrected chi connectivity index (χ4v) is 0.297. The van der Waals surface area contributed by atoms with Gasteiger partial charge in [-0.2, -0.15) is 0 Å². The minimum absolute atomic E-state index is 0.0922. The van der Waals surface area contributed by atoms with Crippen molar-refractivity contribution in [1.82, 2.24) is 0 Å². The molecular formula is C6H11NO. The number of nitrogens with two attached hydrogens (primary N) is 1. The van der Waals surface area contributed by atoms with Crippen LogP contribution < -0.4 is 5.73 Å². The second-order valence-corrected chi connectivity index (χ2v) is 1.27. The normalized spacial score (nSPS) is 11.8. The summed E-state index contributed by atoms with van der Waals surface area (Å²) < 4.78 is 0. The van der Waals surface area contributed by atoms with E-state index in [0.717, 1.165) is 0 Å². The maximum absolute atomic E-state index is 8.21. The molecule has 0 unspecified atom stereocenters. The van der Waals surface area contributed by atoms with Gasteiger partial charge in [-0.15, -0.1) is 0 Å². The van der Waals surface area contributed by atoms with Crippen molar-refractivity contribution in [2.24, 2.45) is 5.73 Å². The summed E-state index contributed by atoms with van der Waals surface area (Å²) >= 11 is 0. The molecular weight excluding hydrogens is 102 g/mol. The van der Waals surface area contributed by atoms with E-state index in [4.69, 9.17) is 10.8 Å². The largest absolute Gasteiger partial charge is 0.392 e. The molecule has 0 fully saturated rings. The highest BCUT2D eigenvalue weighted by Crippen LogP contribution is 1.72. The standard InChI is InChI=1S/C6H11NO/c7-5-3-1-2-4-6-8/h1-4,8H,5-7H2/b3-1+,4-2+. The van der Waals surface area contributed by atoms with Gasteiger partial charge in [-0.05, 0) is 0 Å². The van der Waals surface area contributed by atoms with E-state index in [9.17, 15) is 0 Å². The van der Waals surface area contributed by atoms with Crippen molar-refractivity contribution in [2.75, 3.05) is 13.2 Å². The van der Waals surface area contributed by atoms with Gasteiger partial charge in [-0.25, -0.2) is 0 Å². The van der Waals surface area contributed by atoms with Crippen LogP contribution in [0.2, 0.25) is 0 Å². The fourth-order valence-electron chi connectivity index (χ4n) is 0.297. The van der Waals surface area contributed by atoms with Gasteiger partial charge in [0.05, 0.1) is 6.61 Å². The third-order valence-electron chi connectivity index (χ3n) is 0.625. The Hall–Kier alpha value is -0.600. The van der Waals surface area contributed by atoms with Crippen molar-refractivity contribution in [3.05, 3.63) is 24.3 Å². The van der Waals surface area contributed by atoms with E-state index in [1.54, 1.807) is 18.2 Å². The summed E-state index contributed by atoms with van der Waals surface area (Å²) in [5, 5.41) is 8.21. The van der Waals surface area contributed by atoms with Gasteiger partial charge in [-0.1, -0.05) is 24.3 Å². The van der Waals surface area contributed by atoms with Crippen LogP contribution in [0, 0.1) is 0 Å². The van der Waals surface area contributed by atoms with Crippen LogP contribution in [0.15, 0.2) is 24.3 Å². The minimum Gasteiger partial charge on any atom is -0.392 e. The van der Waals surface area contributed by atoms with Gasteiger partial charge in [-0.3, -0.25) is 0 Å². The molecule has 0 aliphatic rings. The highest BCUT2D eigenvalue weighted by molar-refractivity contribution is 5.02. The van der Waals surface area contributed by atoms with Crippen LogP contribution in [0.1, 0.15) is 0 Å². The van der Waals surface area contributed by atoms with Gasteiger partial charge in [0.15, 0.2) is 0 Å². The first kappa shape index (κ1) is 7.40. The summed E-state index contributed by atoms with van der Waals surface area (Å²) in [6.07, 6.45) is 7.02. The van der Waals surface area contributed by atoms with Crippen LogP contribution in [-0.2, 0) is 0 Å². The van der Waals surface area contributed by atoms with Gasteiger partial charge < -0.3 is 10.8 Å². The number of allylic oxidation sites excluding steroid dienone is 2. The first-order chi connectivity index (χ1) is 3.91. The summed E-state index contributed by atoms with van der Waals surface area (Å²) in [4.78, 5) is 0. The van der Waals surface area contributed by atoms with Gasteiger partial charge in [0.1, 0.15) is 0 Å². The molecule has 0 atom stereocenters. The molecule has 0 aromatic heterocycles. The Kier molecular flexibility index (Phi) is 5.92. The molecule has 0 radical (unpaired) electrons. The molecule has 2 nitrogen and oxygen atoms in total. The molecule has 0 aliphatic carbocycles. The predicted octanol–water partition coefficient (Wildman–Crippen LogP) is 0.0498. The van der Waals surface area contributed by atoms with Crippen LogP contribution in [0.4, 0.5) is 0 Å². The first-order valence-electron chi connectivity index (χ1n) is 2.54. The zero-order chi connectivity index (χ0) is 6.24. The molecule has 0 amide bonds.